The van der Waals surface area contributed by atoms with Crippen LogP contribution < -0.4 is 4.90 Å². The maximum Gasteiger partial charge on any atom is 0.258 e. The molecule has 2 aliphatic heterocycles. The quantitative estimate of drug-likeness (QED) is 0.872. The predicted molar refractivity (Wildman–Crippen MR) is 92.9 cm³/mol. The molecule has 1 fully saturated rings. The van der Waals surface area contributed by atoms with Crippen molar-refractivity contribution in [2.75, 3.05) is 18.0 Å². The van der Waals surface area contributed by atoms with E-state index in [0.717, 1.165) is 37.2 Å². The molecule has 1 saturated heterocycles. The Kier molecular flexibility index (Phi) is 3.81. The number of nitrogens with zero attached hydrogens (tertiary/aromatic N) is 2. The first kappa shape index (κ1) is 14.9. The molecule has 0 atom stereocenters. The molecule has 2 amide bonds. The van der Waals surface area contributed by atoms with E-state index in [1.807, 2.05) is 52.3 Å². The average Bonchev–Trinajstić information content (AvgIpc) is 3.21. The number of likely N-dealkylation sites (tertiary alicyclic amines) is 1. The van der Waals surface area contributed by atoms with Gasteiger partial charge in [-0.05, 0) is 42.2 Å². The van der Waals surface area contributed by atoms with Gasteiger partial charge in [0.1, 0.15) is 0 Å². The number of para-hydroxylation sites is 1. The summed E-state index contributed by atoms with van der Waals surface area (Å²) in [6, 6.07) is 15.8. The fraction of sp³-hybridized carbons (Fsp3) is 0.300. The number of anilines is 1. The van der Waals surface area contributed by atoms with Crippen molar-refractivity contribution >= 4 is 17.5 Å². The van der Waals surface area contributed by atoms with Crippen LogP contribution in [0.25, 0.3) is 0 Å². The predicted octanol–water partition coefficient (Wildman–Crippen LogP) is 3.01. The summed E-state index contributed by atoms with van der Waals surface area (Å²) in [6.45, 7) is 2.14. The van der Waals surface area contributed by atoms with Crippen molar-refractivity contribution in [2.24, 2.45) is 0 Å². The van der Waals surface area contributed by atoms with Gasteiger partial charge in [-0.3, -0.25) is 9.59 Å². The number of benzene rings is 2. The number of fused-ring (bicyclic) bond motifs is 1. The first-order chi connectivity index (χ1) is 11.7. The molecule has 4 rings (SSSR count). The lowest BCUT2D eigenvalue weighted by atomic mass is 10.1. The fourth-order valence-corrected chi connectivity index (χ4v) is 3.60. The molecule has 0 radical (unpaired) electrons. The molecule has 24 heavy (non-hydrogen) atoms. The van der Waals surface area contributed by atoms with E-state index in [1.165, 1.54) is 5.56 Å². The van der Waals surface area contributed by atoms with E-state index >= 15 is 0 Å². The molecule has 2 heterocycles. The lowest BCUT2D eigenvalue weighted by Gasteiger charge is -2.19. The van der Waals surface area contributed by atoms with E-state index < -0.39 is 0 Å². The van der Waals surface area contributed by atoms with E-state index in [1.54, 1.807) is 0 Å². The summed E-state index contributed by atoms with van der Waals surface area (Å²) in [5.41, 5.74) is 3.95. The highest BCUT2D eigenvalue weighted by atomic mass is 16.2. The Morgan fingerprint density at radius 1 is 1.00 bits per heavy atom. The summed E-state index contributed by atoms with van der Waals surface area (Å²) < 4.78 is 0. The van der Waals surface area contributed by atoms with Gasteiger partial charge in [-0.15, -0.1) is 0 Å². The van der Waals surface area contributed by atoms with Crippen LogP contribution in [0.1, 0.15) is 34.3 Å². The second-order valence-corrected chi connectivity index (χ2v) is 6.45. The van der Waals surface area contributed by atoms with Crippen LogP contribution in [0.4, 0.5) is 5.69 Å². The molecule has 0 saturated carbocycles. The van der Waals surface area contributed by atoms with Crippen molar-refractivity contribution in [1.82, 2.24) is 4.90 Å². The van der Waals surface area contributed by atoms with Gasteiger partial charge in [0.25, 0.3) is 5.91 Å². The average molecular weight is 320 g/mol. The molecular formula is C20H20N2O2. The summed E-state index contributed by atoms with van der Waals surface area (Å²) in [7, 11) is 0. The van der Waals surface area contributed by atoms with E-state index in [9.17, 15) is 9.59 Å². The fourth-order valence-electron chi connectivity index (χ4n) is 3.60. The monoisotopic (exact) mass is 320 g/mol. The van der Waals surface area contributed by atoms with Gasteiger partial charge in [0.05, 0.1) is 0 Å². The van der Waals surface area contributed by atoms with Gasteiger partial charge >= 0.3 is 0 Å². The van der Waals surface area contributed by atoms with Crippen molar-refractivity contribution in [3.05, 3.63) is 65.2 Å². The third-order valence-corrected chi connectivity index (χ3v) is 4.85. The van der Waals surface area contributed by atoms with Crippen LogP contribution in [0, 0.1) is 0 Å². The van der Waals surface area contributed by atoms with E-state index in [2.05, 4.69) is 6.07 Å². The third kappa shape index (κ3) is 2.68. The second-order valence-electron chi connectivity index (χ2n) is 6.45. The molecule has 0 aliphatic carbocycles. The van der Waals surface area contributed by atoms with Gasteiger partial charge in [0.2, 0.25) is 5.91 Å². The highest BCUT2D eigenvalue weighted by Crippen LogP contribution is 2.29. The maximum atomic E-state index is 12.9. The highest BCUT2D eigenvalue weighted by molar-refractivity contribution is 6.07. The zero-order valence-electron chi connectivity index (χ0n) is 13.6. The number of carbonyl (C=O) groups excluding carboxylic acids is 2. The normalized spacial score (nSPS) is 16.6. The smallest absolute Gasteiger partial charge is 0.258 e. The molecule has 122 valence electrons. The Balaban J connectivity index is 1.55. The maximum absolute atomic E-state index is 12.9. The summed E-state index contributed by atoms with van der Waals surface area (Å²) in [5.74, 6) is 0.245. The number of amides is 2. The molecule has 0 spiro atoms. The zero-order valence-corrected chi connectivity index (χ0v) is 13.6. The number of hydrogen-bond donors (Lipinski definition) is 0. The molecular weight excluding hydrogens is 300 g/mol. The van der Waals surface area contributed by atoms with E-state index in [4.69, 9.17) is 0 Å². The molecule has 4 heteroatoms. The Bertz CT molecular complexity index is 800. The number of rotatable bonds is 3. The molecule has 2 aromatic carbocycles. The van der Waals surface area contributed by atoms with E-state index in [-0.39, 0.29) is 11.8 Å². The molecule has 2 aromatic rings. The first-order valence-corrected chi connectivity index (χ1v) is 8.49. The minimum atomic E-state index is 0.0366. The van der Waals surface area contributed by atoms with Crippen LogP contribution in [0.5, 0.6) is 0 Å². The van der Waals surface area contributed by atoms with Gasteiger partial charge in [-0.1, -0.05) is 30.3 Å². The third-order valence-electron chi connectivity index (χ3n) is 4.85. The lowest BCUT2D eigenvalue weighted by molar-refractivity contribution is -0.128. The van der Waals surface area contributed by atoms with Crippen LogP contribution in [0.2, 0.25) is 0 Å². The van der Waals surface area contributed by atoms with Gasteiger partial charge in [-0.2, -0.15) is 0 Å². The van der Waals surface area contributed by atoms with Gasteiger partial charge < -0.3 is 9.80 Å². The van der Waals surface area contributed by atoms with Crippen LogP contribution in [0.3, 0.4) is 0 Å². The lowest BCUT2D eigenvalue weighted by Crippen LogP contribution is -2.29. The van der Waals surface area contributed by atoms with Gasteiger partial charge in [-0.25, -0.2) is 0 Å². The van der Waals surface area contributed by atoms with Crippen molar-refractivity contribution in [2.45, 2.75) is 25.8 Å². The topological polar surface area (TPSA) is 40.6 Å². The van der Waals surface area contributed by atoms with E-state index in [0.29, 0.717) is 18.5 Å². The van der Waals surface area contributed by atoms with Crippen LogP contribution in [-0.4, -0.2) is 29.8 Å². The van der Waals surface area contributed by atoms with Crippen molar-refractivity contribution in [3.63, 3.8) is 0 Å². The molecule has 4 nitrogen and oxygen atoms in total. The Morgan fingerprint density at radius 2 is 1.88 bits per heavy atom. The minimum absolute atomic E-state index is 0.0366. The van der Waals surface area contributed by atoms with Crippen LogP contribution in [0.15, 0.2) is 48.5 Å². The van der Waals surface area contributed by atoms with Crippen molar-refractivity contribution in [3.8, 4) is 0 Å². The SMILES string of the molecule is O=C1CCCN1Cc1cccc(C(=O)N2CCc3ccccc32)c1. The summed E-state index contributed by atoms with van der Waals surface area (Å²) in [6.07, 6.45) is 2.48. The number of hydrogen-bond acceptors (Lipinski definition) is 2. The highest BCUT2D eigenvalue weighted by Gasteiger charge is 2.25. The van der Waals surface area contributed by atoms with Crippen molar-refractivity contribution < 1.29 is 9.59 Å². The van der Waals surface area contributed by atoms with Crippen LogP contribution in [-0.2, 0) is 17.8 Å². The largest absolute Gasteiger partial charge is 0.338 e. The number of carbonyl (C=O) groups is 2. The summed E-state index contributed by atoms with van der Waals surface area (Å²) >= 11 is 0. The molecule has 0 N–H and O–H groups in total. The molecule has 0 unspecified atom stereocenters. The standard InChI is InChI=1S/C20H20N2O2/c23-19-9-4-11-21(19)14-15-5-3-7-17(13-15)20(24)22-12-10-16-6-1-2-8-18(16)22/h1-3,5-8,13H,4,9-12,14H2. The van der Waals surface area contributed by atoms with Gasteiger partial charge in [0.15, 0.2) is 0 Å². The molecule has 0 aromatic heterocycles. The van der Waals surface area contributed by atoms with Crippen LogP contribution >= 0.6 is 0 Å². The van der Waals surface area contributed by atoms with Gasteiger partial charge in [0, 0.05) is 37.3 Å². The minimum Gasteiger partial charge on any atom is -0.338 e. The Morgan fingerprint density at radius 3 is 2.71 bits per heavy atom. The summed E-state index contributed by atoms with van der Waals surface area (Å²) in [4.78, 5) is 28.4. The Labute approximate surface area is 141 Å². The second kappa shape index (κ2) is 6.11. The first-order valence-electron chi connectivity index (χ1n) is 8.49. The zero-order chi connectivity index (χ0) is 16.5. The molecule has 0 bridgehead atoms. The summed E-state index contributed by atoms with van der Waals surface area (Å²) in [5, 5.41) is 0. The molecule has 2 aliphatic rings. The Hall–Kier alpha value is -2.62. The van der Waals surface area contributed by atoms with Crippen molar-refractivity contribution in [1.29, 1.82) is 0 Å².